The van der Waals surface area contributed by atoms with Crippen molar-refractivity contribution in [1.82, 2.24) is 4.57 Å². The van der Waals surface area contributed by atoms with Crippen LogP contribution in [0, 0.1) is 0 Å². The summed E-state index contributed by atoms with van der Waals surface area (Å²) in [6, 6.07) is 60.1. The molecule has 0 atom stereocenters. The van der Waals surface area contributed by atoms with Gasteiger partial charge in [0, 0.05) is 54.4 Å². The van der Waals surface area contributed by atoms with Gasteiger partial charge in [-0.05, 0) is 62.2 Å². The van der Waals surface area contributed by atoms with Gasteiger partial charge in [0.15, 0.2) is 0 Å². The Morgan fingerprint density at radius 1 is 0.396 bits per heavy atom. The lowest BCUT2D eigenvalue weighted by Gasteiger charge is -2.22. The van der Waals surface area contributed by atoms with Crippen LogP contribution in [-0.4, -0.2) is 4.57 Å². The topological polar surface area (TPSA) is 18.1 Å². The van der Waals surface area contributed by atoms with Crippen LogP contribution in [0.3, 0.4) is 0 Å². The van der Waals surface area contributed by atoms with Crippen molar-refractivity contribution >= 4 is 76.1 Å². The Labute approximate surface area is 306 Å². The van der Waals surface area contributed by atoms with Crippen LogP contribution in [0.25, 0.3) is 104 Å². The van der Waals surface area contributed by atoms with Crippen molar-refractivity contribution < 1.29 is 4.42 Å². The molecule has 11 aromatic rings. The first kappa shape index (κ1) is 29.0. The fourth-order valence-electron chi connectivity index (χ4n) is 9.83. The summed E-state index contributed by atoms with van der Waals surface area (Å²) in [5.74, 6) is 0. The Kier molecular flexibility index (Phi) is 5.60. The van der Waals surface area contributed by atoms with Gasteiger partial charge in [-0.1, -0.05) is 159 Å². The molecule has 2 heterocycles. The number of benzene rings is 9. The predicted octanol–water partition coefficient (Wildman–Crippen LogP) is 14.1. The molecule has 53 heavy (non-hydrogen) atoms. The fourth-order valence-corrected chi connectivity index (χ4v) is 9.83. The number of nitrogens with zero attached hydrogens (tertiary/aromatic N) is 1. The summed E-state index contributed by atoms with van der Waals surface area (Å²) in [6.07, 6.45) is 0. The van der Waals surface area contributed by atoms with Gasteiger partial charge < -0.3 is 8.98 Å². The molecule has 2 aromatic heterocycles. The molecule has 2 nitrogen and oxygen atoms in total. The van der Waals surface area contributed by atoms with Gasteiger partial charge in [-0.3, -0.25) is 0 Å². The summed E-state index contributed by atoms with van der Waals surface area (Å²) in [5, 5.41) is 12.1. The van der Waals surface area contributed by atoms with Gasteiger partial charge in [0.1, 0.15) is 11.2 Å². The van der Waals surface area contributed by atoms with Crippen molar-refractivity contribution in [3.05, 3.63) is 175 Å². The minimum atomic E-state index is -0.0881. The number of para-hydroxylation sites is 2. The molecular weight excluding hydrogens is 643 g/mol. The summed E-state index contributed by atoms with van der Waals surface area (Å²) in [6.45, 7) is 4.70. The van der Waals surface area contributed by atoms with Gasteiger partial charge in [-0.2, -0.15) is 0 Å². The Morgan fingerprint density at radius 3 is 1.75 bits per heavy atom. The molecule has 0 unspecified atom stereocenters. The van der Waals surface area contributed by atoms with E-state index in [0.717, 1.165) is 33.2 Å². The van der Waals surface area contributed by atoms with Crippen LogP contribution in [0.5, 0.6) is 0 Å². The number of rotatable bonds is 2. The molecule has 0 saturated heterocycles. The normalized spacial score (nSPS) is 13.6. The van der Waals surface area contributed by atoms with Gasteiger partial charge in [-0.25, -0.2) is 0 Å². The highest BCUT2D eigenvalue weighted by molar-refractivity contribution is 6.42. The molecule has 0 amide bonds. The van der Waals surface area contributed by atoms with E-state index in [1.54, 1.807) is 0 Å². The maximum atomic E-state index is 7.25. The third-order valence-electron chi connectivity index (χ3n) is 12.1. The van der Waals surface area contributed by atoms with Crippen molar-refractivity contribution in [2.75, 3.05) is 0 Å². The summed E-state index contributed by atoms with van der Waals surface area (Å²) in [5.41, 5.74) is 13.1. The molecule has 0 radical (unpaired) electrons. The Morgan fingerprint density at radius 2 is 0.962 bits per heavy atom. The van der Waals surface area contributed by atoms with E-state index in [2.05, 4.69) is 182 Å². The minimum Gasteiger partial charge on any atom is -0.455 e. The van der Waals surface area contributed by atoms with Crippen LogP contribution in [0.2, 0.25) is 0 Å². The van der Waals surface area contributed by atoms with Crippen molar-refractivity contribution in [2.45, 2.75) is 19.3 Å². The van der Waals surface area contributed by atoms with Gasteiger partial charge in [0.05, 0.1) is 11.0 Å². The van der Waals surface area contributed by atoms with E-state index in [1.165, 1.54) is 81.9 Å². The van der Waals surface area contributed by atoms with Crippen LogP contribution in [-0.2, 0) is 5.41 Å². The van der Waals surface area contributed by atoms with Gasteiger partial charge in [0.2, 0.25) is 0 Å². The van der Waals surface area contributed by atoms with Crippen LogP contribution < -0.4 is 0 Å². The second-order valence-electron chi connectivity index (χ2n) is 15.2. The van der Waals surface area contributed by atoms with Crippen LogP contribution in [0.15, 0.2) is 168 Å². The van der Waals surface area contributed by atoms with Crippen LogP contribution in [0.1, 0.15) is 25.0 Å². The maximum Gasteiger partial charge on any atom is 0.144 e. The third kappa shape index (κ3) is 3.67. The average molecular weight is 676 g/mol. The maximum absolute atomic E-state index is 7.25. The van der Waals surface area contributed by atoms with E-state index in [-0.39, 0.29) is 5.41 Å². The van der Waals surface area contributed by atoms with Crippen molar-refractivity contribution in [1.29, 1.82) is 0 Å². The SMILES string of the molecule is CC1(C)c2ccccc2-c2ccc(-c3cccc4c3oc3c5ccccc5c5c(c43)c3c4ccccc4c4ccccc4c3n5-c3ccccc3)cc21. The fraction of sp³-hybridized carbons (Fsp3) is 0.0588. The lowest BCUT2D eigenvalue weighted by molar-refractivity contribution is 0.660. The van der Waals surface area contributed by atoms with Crippen molar-refractivity contribution in [2.24, 2.45) is 0 Å². The highest BCUT2D eigenvalue weighted by Crippen LogP contribution is 2.52. The molecule has 0 N–H and O–H groups in total. The Hall–Kier alpha value is -6.64. The van der Waals surface area contributed by atoms with Crippen molar-refractivity contribution in [3.63, 3.8) is 0 Å². The lowest BCUT2D eigenvalue weighted by Crippen LogP contribution is -2.14. The monoisotopic (exact) mass is 675 g/mol. The Bertz CT molecular complexity index is 3360. The van der Waals surface area contributed by atoms with Gasteiger partial charge in [-0.15, -0.1) is 0 Å². The van der Waals surface area contributed by atoms with E-state index in [9.17, 15) is 0 Å². The molecule has 0 spiro atoms. The minimum absolute atomic E-state index is 0.0881. The lowest BCUT2D eigenvalue weighted by atomic mass is 9.81. The number of fused-ring (bicyclic) bond motifs is 18. The van der Waals surface area contributed by atoms with E-state index in [4.69, 9.17) is 4.42 Å². The average Bonchev–Trinajstić information content (AvgIpc) is 3.85. The summed E-state index contributed by atoms with van der Waals surface area (Å²) < 4.78 is 9.76. The highest BCUT2D eigenvalue weighted by atomic mass is 16.3. The second kappa shape index (κ2) is 10.2. The van der Waals surface area contributed by atoms with E-state index in [0.29, 0.717) is 0 Å². The molecule has 248 valence electrons. The molecule has 12 rings (SSSR count). The zero-order valence-corrected chi connectivity index (χ0v) is 29.4. The highest BCUT2D eigenvalue weighted by Gasteiger charge is 2.35. The van der Waals surface area contributed by atoms with Gasteiger partial charge in [0.25, 0.3) is 0 Å². The smallest absolute Gasteiger partial charge is 0.144 e. The molecule has 0 fully saturated rings. The molecule has 1 aliphatic carbocycles. The Balaban J connectivity index is 1.29. The first-order valence-corrected chi connectivity index (χ1v) is 18.5. The zero-order chi connectivity index (χ0) is 35.0. The van der Waals surface area contributed by atoms with Crippen molar-refractivity contribution in [3.8, 4) is 27.9 Å². The standard InChI is InChI=1S/C51H33NO/c1-51(2)42-26-13-12-19-35(42)36-28-27-30(29-43(36)51)32-24-14-25-41-45-46-44-37-20-8-6-17-33(37)34-18-7-9-21-38(34)47(44)52(31-15-4-3-5-16-31)48(46)39-22-10-11-23-40(39)50(45)53-49(32)41/h3-29H,1-2H3. The molecule has 1 aliphatic rings. The van der Waals surface area contributed by atoms with Gasteiger partial charge >= 0.3 is 0 Å². The summed E-state index contributed by atoms with van der Waals surface area (Å²) in [4.78, 5) is 0. The van der Waals surface area contributed by atoms with E-state index in [1.807, 2.05) is 0 Å². The van der Waals surface area contributed by atoms with Crippen LogP contribution >= 0.6 is 0 Å². The number of furan rings is 1. The third-order valence-corrected chi connectivity index (χ3v) is 12.1. The first-order chi connectivity index (χ1) is 26.1. The molecule has 0 aliphatic heterocycles. The predicted molar refractivity (Wildman–Crippen MR) is 224 cm³/mol. The number of hydrogen-bond acceptors (Lipinski definition) is 1. The number of aromatic nitrogens is 1. The molecular formula is C51H33NO. The summed E-state index contributed by atoms with van der Waals surface area (Å²) in [7, 11) is 0. The second-order valence-corrected chi connectivity index (χ2v) is 15.2. The van der Waals surface area contributed by atoms with Crippen LogP contribution in [0.4, 0.5) is 0 Å². The van der Waals surface area contributed by atoms with E-state index >= 15 is 0 Å². The summed E-state index contributed by atoms with van der Waals surface area (Å²) >= 11 is 0. The zero-order valence-electron chi connectivity index (χ0n) is 29.4. The quantitative estimate of drug-likeness (QED) is 0.167. The molecule has 2 heteroatoms. The molecule has 0 saturated carbocycles. The molecule has 9 aromatic carbocycles. The molecule has 0 bridgehead atoms. The largest absolute Gasteiger partial charge is 0.455 e. The number of hydrogen-bond donors (Lipinski definition) is 0. The van der Waals surface area contributed by atoms with E-state index < -0.39 is 0 Å². The first-order valence-electron chi connectivity index (χ1n) is 18.5.